The van der Waals surface area contributed by atoms with Crippen LogP contribution in [0.4, 0.5) is 0 Å². The van der Waals surface area contributed by atoms with Gasteiger partial charge >= 0.3 is 0 Å². The zero-order valence-electron chi connectivity index (χ0n) is 9.38. The highest BCUT2D eigenvalue weighted by molar-refractivity contribution is 4.56. The molecule has 1 heterocycles. The maximum Gasteiger partial charge on any atom is 0.0798 e. The minimum absolute atomic E-state index is 0.836. The highest BCUT2D eigenvalue weighted by Crippen LogP contribution is 2.19. The summed E-state index contributed by atoms with van der Waals surface area (Å²) in [5.41, 5.74) is 11.2. The van der Waals surface area contributed by atoms with Crippen LogP contribution >= 0.6 is 0 Å². The van der Waals surface area contributed by atoms with Gasteiger partial charge in [-0.2, -0.15) is 0 Å². The van der Waals surface area contributed by atoms with Crippen LogP contribution in [0.15, 0.2) is 0 Å². The van der Waals surface area contributed by atoms with Crippen molar-refractivity contribution in [3.05, 3.63) is 0 Å². The van der Waals surface area contributed by atoms with Crippen molar-refractivity contribution in [1.29, 1.82) is 0 Å². The average molecular weight is 200 g/mol. The van der Waals surface area contributed by atoms with Crippen LogP contribution in [0, 0.1) is 0 Å². The molecule has 0 aromatic carbocycles. The Bertz CT molecular complexity index is 131. The topological polar surface area (TPSA) is 52.0 Å². The number of nitrogens with two attached hydrogens (primary N) is 2. The second kappa shape index (κ2) is 6.38. The van der Waals surface area contributed by atoms with Gasteiger partial charge in [0, 0.05) is 12.8 Å². The predicted molar refractivity (Wildman–Crippen MR) is 60.9 cm³/mol. The van der Waals surface area contributed by atoms with E-state index < -0.39 is 0 Å². The summed E-state index contributed by atoms with van der Waals surface area (Å²) in [4.78, 5) is 0. The van der Waals surface area contributed by atoms with Gasteiger partial charge in [-0.15, -0.1) is 0 Å². The molecule has 0 spiro atoms. The molecule has 1 aliphatic heterocycles. The molecule has 1 aliphatic rings. The Hall–Kier alpha value is -0.120. The second-order valence-electron chi connectivity index (χ2n) is 4.58. The van der Waals surface area contributed by atoms with Gasteiger partial charge in [-0.25, -0.2) is 0 Å². The zero-order chi connectivity index (χ0) is 10.3. The van der Waals surface area contributed by atoms with E-state index in [1.54, 1.807) is 0 Å². The molecule has 3 nitrogen and oxygen atoms in total. The lowest BCUT2D eigenvalue weighted by Gasteiger charge is -2.41. The number of hydrogen-bond acceptors (Lipinski definition) is 2. The molecule has 0 aliphatic carbocycles. The van der Waals surface area contributed by atoms with Gasteiger partial charge in [0.1, 0.15) is 0 Å². The van der Waals surface area contributed by atoms with Gasteiger partial charge in [0.2, 0.25) is 0 Å². The van der Waals surface area contributed by atoms with Crippen molar-refractivity contribution in [1.82, 2.24) is 0 Å². The fourth-order valence-electron chi connectivity index (χ4n) is 2.60. The summed E-state index contributed by atoms with van der Waals surface area (Å²) in [7, 11) is 0. The second-order valence-corrected chi connectivity index (χ2v) is 4.58. The summed E-state index contributed by atoms with van der Waals surface area (Å²) in [6.45, 7) is 6.94. The van der Waals surface area contributed by atoms with E-state index in [0.29, 0.717) is 0 Å². The summed E-state index contributed by atoms with van der Waals surface area (Å²) in [5, 5.41) is 0. The summed E-state index contributed by atoms with van der Waals surface area (Å²) >= 11 is 0. The minimum atomic E-state index is 0.836. The third-order valence-corrected chi connectivity index (χ3v) is 3.44. The molecule has 0 aromatic heterocycles. The Morgan fingerprint density at radius 2 is 1.29 bits per heavy atom. The summed E-state index contributed by atoms with van der Waals surface area (Å²) < 4.78 is 1.30. The van der Waals surface area contributed by atoms with Crippen molar-refractivity contribution in [3.8, 4) is 0 Å². The Labute approximate surface area is 88.0 Å². The first-order valence-electron chi connectivity index (χ1n) is 6.08. The Balaban J connectivity index is 2.39. The van der Waals surface area contributed by atoms with Gasteiger partial charge < -0.3 is 16.0 Å². The zero-order valence-corrected chi connectivity index (χ0v) is 9.38. The molecule has 0 unspecified atom stereocenters. The summed E-state index contributed by atoms with van der Waals surface area (Å²) in [5.74, 6) is 0. The largest absolute Gasteiger partial charge is 0.330 e. The molecule has 0 saturated carbocycles. The van der Waals surface area contributed by atoms with Crippen LogP contribution in [0.25, 0.3) is 0 Å². The van der Waals surface area contributed by atoms with Gasteiger partial charge in [0.25, 0.3) is 0 Å². The third-order valence-electron chi connectivity index (χ3n) is 3.44. The molecule has 1 saturated heterocycles. The van der Waals surface area contributed by atoms with Crippen LogP contribution < -0.4 is 11.5 Å². The molecule has 0 aromatic rings. The fourth-order valence-corrected chi connectivity index (χ4v) is 2.60. The van der Waals surface area contributed by atoms with E-state index in [1.165, 1.54) is 62.8 Å². The Morgan fingerprint density at radius 1 is 0.786 bits per heavy atom. The van der Waals surface area contributed by atoms with Crippen molar-refractivity contribution in [2.45, 2.75) is 32.1 Å². The van der Waals surface area contributed by atoms with Gasteiger partial charge in [0.05, 0.1) is 26.2 Å². The van der Waals surface area contributed by atoms with Crippen molar-refractivity contribution in [2.24, 2.45) is 11.5 Å². The van der Waals surface area contributed by atoms with Crippen molar-refractivity contribution in [2.75, 3.05) is 39.3 Å². The maximum atomic E-state index is 5.60. The number of quaternary nitrogens is 1. The third kappa shape index (κ3) is 3.56. The molecular weight excluding hydrogens is 174 g/mol. The molecule has 0 atom stereocenters. The van der Waals surface area contributed by atoms with Crippen LogP contribution in [0.2, 0.25) is 0 Å². The number of nitrogens with zero attached hydrogens (tertiary/aromatic N) is 1. The first-order chi connectivity index (χ1) is 6.83. The van der Waals surface area contributed by atoms with E-state index in [9.17, 15) is 0 Å². The van der Waals surface area contributed by atoms with Gasteiger partial charge in [0.15, 0.2) is 0 Å². The van der Waals surface area contributed by atoms with Gasteiger partial charge in [-0.1, -0.05) is 0 Å². The van der Waals surface area contributed by atoms with E-state index in [2.05, 4.69) is 0 Å². The van der Waals surface area contributed by atoms with E-state index in [1.807, 2.05) is 0 Å². The normalized spacial score (nSPS) is 21.0. The number of hydrogen-bond donors (Lipinski definition) is 2. The standard InChI is InChI=1S/C11H26N3/c12-6-4-10-14(11-5-7-13)8-2-1-3-9-14/h1-13H2/q+1. The van der Waals surface area contributed by atoms with Crippen molar-refractivity contribution < 1.29 is 4.48 Å². The van der Waals surface area contributed by atoms with Crippen LogP contribution in [0.1, 0.15) is 32.1 Å². The average Bonchev–Trinajstić information content (AvgIpc) is 2.25. The molecule has 0 radical (unpaired) electrons. The van der Waals surface area contributed by atoms with E-state index in [4.69, 9.17) is 11.5 Å². The van der Waals surface area contributed by atoms with Crippen LogP contribution in [0.3, 0.4) is 0 Å². The number of piperidine rings is 1. The lowest BCUT2D eigenvalue weighted by molar-refractivity contribution is -0.932. The molecule has 1 fully saturated rings. The number of rotatable bonds is 6. The molecular formula is C11H26N3+. The van der Waals surface area contributed by atoms with Crippen LogP contribution in [-0.4, -0.2) is 43.8 Å². The minimum Gasteiger partial charge on any atom is -0.330 e. The molecule has 4 N–H and O–H groups in total. The van der Waals surface area contributed by atoms with Crippen molar-refractivity contribution in [3.63, 3.8) is 0 Å². The van der Waals surface area contributed by atoms with Crippen LogP contribution in [-0.2, 0) is 0 Å². The maximum absolute atomic E-state index is 5.60. The van der Waals surface area contributed by atoms with Crippen LogP contribution in [0.5, 0.6) is 0 Å². The number of likely N-dealkylation sites (tertiary alicyclic amines) is 1. The summed E-state index contributed by atoms with van der Waals surface area (Å²) in [6.07, 6.45) is 6.56. The Kier molecular flexibility index (Phi) is 5.45. The molecule has 0 bridgehead atoms. The Morgan fingerprint density at radius 3 is 1.71 bits per heavy atom. The van der Waals surface area contributed by atoms with E-state index >= 15 is 0 Å². The van der Waals surface area contributed by atoms with E-state index in [-0.39, 0.29) is 0 Å². The quantitative estimate of drug-likeness (QED) is 0.620. The molecule has 84 valence electrons. The smallest absolute Gasteiger partial charge is 0.0798 e. The van der Waals surface area contributed by atoms with Crippen molar-refractivity contribution >= 4 is 0 Å². The molecule has 0 amide bonds. The van der Waals surface area contributed by atoms with Gasteiger partial charge in [-0.05, 0) is 32.4 Å². The highest BCUT2D eigenvalue weighted by atomic mass is 15.4. The highest BCUT2D eigenvalue weighted by Gasteiger charge is 2.28. The lowest BCUT2D eigenvalue weighted by Crippen LogP contribution is -2.53. The molecule has 1 rings (SSSR count). The monoisotopic (exact) mass is 200 g/mol. The molecule has 3 heteroatoms. The SMILES string of the molecule is NCCC[N+]1(CCCN)CCCCC1. The predicted octanol–water partition coefficient (Wildman–Crippen LogP) is 0.685. The summed E-state index contributed by atoms with van der Waals surface area (Å²) in [6, 6.07) is 0. The fraction of sp³-hybridized carbons (Fsp3) is 1.00. The first kappa shape index (κ1) is 12.0. The first-order valence-corrected chi connectivity index (χ1v) is 6.08. The van der Waals surface area contributed by atoms with E-state index in [0.717, 1.165) is 13.1 Å². The lowest BCUT2D eigenvalue weighted by atomic mass is 10.1. The molecule has 14 heavy (non-hydrogen) atoms. The van der Waals surface area contributed by atoms with Gasteiger partial charge in [-0.3, -0.25) is 0 Å².